The molecule has 0 aromatic heterocycles. The summed E-state index contributed by atoms with van der Waals surface area (Å²) in [5.41, 5.74) is 0. The first-order valence-corrected chi connectivity index (χ1v) is 2.82. The average molecular weight is 355 g/mol. The minimum atomic E-state index is 0. The molecule has 0 saturated heterocycles. The summed E-state index contributed by atoms with van der Waals surface area (Å²) < 4.78 is 0. The first-order chi connectivity index (χ1) is 5.66. The van der Waals surface area contributed by atoms with E-state index in [0.717, 1.165) is 0 Å². The first kappa shape index (κ1) is 36.6. The van der Waals surface area contributed by atoms with Gasteiger partial charge in [-0.1, -0.05) is 0 Å². The fourth-order valence-corrected chi connectivity index (χ4v) is 0. The Balaban J connectivity index is -0.0000000145. The summed E-state index contributed by atoms with van der Waals surface area (Å²) in [4.78, 5) is 34.7. The van der Waals surface area contributed by atoms with E-state index in [9.17, 15) is 0 Å². The van der Waals surface area contributed by atoms with E-state index in [4.69, 9.17) is 19.2 Å². The van der Waals surface area contributed by atoms with Gasteiger partial charge in [-0.2, -0.15) is 27.7 Å². The van der Waals surface area contributed by atoms with Crippen molar-refractivity contribution in [3.05, 3.63) is 0 Å². The number of rotatable bonds is 0. The average Bonchev–Trinajstić information content (AvgIpc) is 1.92. The molecular formula is C8H12O4Zr2. The molecule has 0 aliphatic rings. The molecule has 0 fully saturated rings. The van der Waals surface area contributed by atoms with Crippen molar-refractivity contribution in [1.82, 2.24) is 0 Å². The minimum Gasteiger partial charge on any atom is -0.542 e. The van der Waals surface area contributed by atoms with Gasteiger partial charge in [-0.15, -0.1) is 0 Å². The van der Waals surface area contributed by atoms with Crippen molar-refractivity contribution in [3.8, 4) is 0 Å². The van der Waals surface area contributed by atoms with E-state index in [1.165, 1.54) is 52.8 Å². The zero-order chi connectivity index (χ0) is 10.8. The Labute approximate surface area is 123 Å². The van der Waals surface area contributed by atoms with Crippen LogP contribution in [0.5, 0.6) is 0 Å². The summed E-state index contributed by atoms with van der Waals surface area (Å²) in [6, 6.07) is 0. The summed E-state index contributed by atoms with van der Waals surface area (Å²) in [5.74, 6) is 0. The maximum atomic E-state index is 8.68. The molecule has 0 rings (SSSR count). The molecule has 0 aromatic carbocycles. The molecule has 0 aliphatic heterocycles. The number of hydrogen-bond donors (Lipinski definition) is 0. The van der Waals surface area contributed by atoms with Gasteiger partial charge in [-0.25, -0.2) is 0 Å². The molecule has 6 heteroatoms. The van der Waals surface area contributed by atoms with Crippen LogP contribution in [0.1, 0.15) is 27.7 Å². The van der Waals surface area contributed by atoms with Crippen LogP contribution in [0.15, 0.2) is 0 Å². The van der Waals surface area contributed by atoms with Gasteiger partial charge >= 0.3 is 26.2 Å². The molecule has 0 bridgehead atoms. The molecule has 0 aromatic rings. The van der Waals surface area contributed by atoms with Gasteiger partial charge in [0.15, 0.2) is 0 Å². The van der Waals surface area contributed by atoms with E-state index < -0.39 is 0 Å². The summed E-state index contributed by atoms with van der Waals surface area (Å²) in [6.07, 6.45) is 6.00. The second kappa shape index (κ2) is 105. The summed E-state index contributed by atoms with van der Waals surface area (Å²) in [5, 5.41) is 0. The van der Waals surface area contributed by atoms with E-state index in [2.05, 4.69) is 0 Å². The number of hydrogen-bond acceptors (Lipinski definition) is 4. The van der Waals surface area contributed by atoms with Crippen LogP contribution >= 0.6 is 0 Å². The van der Waals surface area contributed by atoms with Crippen LogP contribution in [0.25, 0.3) is 0 Å². The smallest absolute Gasteiger partial charge is 0.542 e. The van der Waals surface area contributed by atoms with Crippen molar-refractivity contribution in [2.75, 3.05) is 0 Å². The Hall–Kier alpha value is 0.446. The quantitative estimate of drug-likeness (QED) is 0.593. The van der Waals surface area contributed by atoms with Gasteiger partial charge in [-0.05, 0) is 0 Å². The van der Waals surface area contributed by atoms with Gasteiger partial charge in [0, 0.05) is 26.2 Å². The largest absolute Gasteiger partial charge is 4.00 e. The predicted molar refractivity (Wildman–Crippen MR) is 45.5 cm³/mol. The fourth-order valence-electron chi connectivity index (χ4n) is 0. The standard InChI is InChI=1S/4C2H3O.2Zr/c4*1-2-3;;/h4*1H3;;/q4*-1;;+4. The zero-order valence-electron chi connectivity index (χ0n) is 8.63. The maximum Gasteiger partial charge on any atom is 4.00 e. The molecule has 14 heavy (non-hydrogen) atoms. The molecule has 0 heterocycles. The van der Waals surface area contributed by atoms with Crippen molar-refractivity contribution in [3.63, 3.8) is 0 Å². The molecule has 76 valence electrons. The number of carbonyl (C=O) groups excluding carboxylic acids is 4. The Morgan fingerprint density at radius 2 is 0.571 bits per heavy atom. The van der Waals surface area contributed by atoms with Gasteiger partial charge < -0.3 is 19.2 Å². The van der Waals surface area contributed by atoms with Gasteiger partial charge in [0.2, 0.25) is 0 Å². The predicted octanol–water partition coefficient (Wildman–Crippen LogP) is 0.459. The zero-order valence-corrected chi connectivity index (χ0v) is 13.5. The Morgan fingerprint density at radius 1 is 0.571 bits per heavy atom. The van der Waals surface area contributed by atoms with Crippen molar-refractivity contribution in [1.29, 1.82) is 0 Å². The third-order valence-corrected chi connectivity index (χ3v) is 0. The molecule has 0 saturated carbocycles. The van der Waals surface area contributed by atoms with Crippen LogP contribution < -0.4 is 0 Å². The van der Waals surface area contributed by atoms with Gasteiger partial charge in [-0.3, -0.25) is 25.1 Å². The van der Waals surface area contributed by atoms with E-state index >= 15 is 0 Å². The summed E-state index contributed by atoms with van der Waals surface area (Å²) in [6.45, 7) is 5.28. The monoisotopic (exact) mass is 352 g/mol. The molecule has 0 unspecified atom stereocenters. The van der Waals surface area contributed by atoms with E-state index in [1.54, 1.807) is 0 Å². The summed E-state index contributed by atoms with van der Waals surface area (Å²) in [7, 11) is 0. The van der Waals surface area contributed by atoms with Crippen LogP contribution in [0.3, 0.4) is 0 Å². The molecule has 0 amide bonds. The van der Waals surface area contributed by atoms with E-state index in [0.29, 0.717) is 0 Å². The minimum absolute atomic E-state index is 0. The van der Waals surface area contributed by atoms with Crippen molar-refractivity contribution >= 4 is 25.1 Å². The first-order valence-electron chi connectivity index (χ1n) is 2.82. The van der Waals surface area contributed by atoms with E-state index in [1.807, 2.05) is 0 Å². The maximum absolute atomic E-state index is 8.68. The van der Waals surface area contributed by atoms with Gasteiger partial charge in [0.25, 0.3) is 0 Å². The molecule has 0 N–H and O–H groups in total. The van der Waals surface area contributed by atoms with Crippen molar-refractivity contribution < 1.29 is 71.6 Å². The fraction of sp³-hybridized carbons (Fsp3) is 0.500. The molecule has 0 spiro atoms. The Kier molecular flexibility index (Phi) is 276. The Bertz CT molecular complexity index is 73.3. The second-order valence-corrected chi connectivity index (χ2v) is 0.816. The third-order valence-electron chi connectivity index (χ3n) is 0. The van der Waals surface area contributed by atoms with Crippen LogP contribution in [0.2, 0.25) is 0 Å². The van der Waals surface area contributed by atoms with Crippen LogP contribution in [-0.4, -0.2) is 25.1 Å². The van der Waals surface area contributed by atoms with Crippen LogP contribution in [0, 0.1) is 0 Å². The summed E-state index contributed by atoms with van der Waals surface area (Å²) >= 11 is 0. The molecule has 0 atom stereocenters. The third kappa shape index (κ3) is 8190. The van der Waals surface area contributed by atoms with E-state index in [-0.39, 0.29) is 52.4 Å². The van der Waals surface area contributed by atoms with Crippen LogP contribution in [0.4, 0.5) is 0 Å². The molecule has 4 nitrogen and oxygen atoms in total. The second-order valence-electron chi connectivity index (χ2n) is 0.816. The van der Waals surface area contributed by atoms with Crippen molar-refractivity contribution in [2.24, 2.45) is 0 Å². The van der Waals surface area contributed by atoms with Gasteiger partial charge in [0.1, 0.15) is 0 Å². The van der Waals surface area contributed by atoms with Gasteiger partial charge in [0.05, 0.1) is 0 Å². The normalized spacial score (nSPS) is 3.71. The Morgan fingerprint density at radius 3 is 0.571 bits per heavy atom. The molecule has 0 aliphatic carbocycles. The SMILES string of the molecule is C[C-]=O.C[C-]=O.C[C-]=O.C[C-]=O.[Zr+4].[Zr]. The topological polar surface area (TPSA) is 68.3 Å². The van der Waals surface area contributed by atoms with Crippen molar-refractivity contribution in [2.45, 2.75) is 27.7 Å². The van der Waals surface area contributed by atoms with Crippen LogP contribution in [-0.2, 0) is 71.6 Å². The molecule has 0 radical (unpaired) electrons. The molecular weight excluding hydrogens is 343 g/mol.